The van der Waals surface area contributed by atoms with E-state index in [4.69, 9.17) is 0 Å². The van der Waals surface area contributed by atoms with E-state index in [1.165, 1.54) is 0 Å². The first-order valence-electron chi connectivity index (χ1n) is 4.77. The van der Waals surface area contributed by atoms with Crippen LogP contribution < -0.4 is 9.47 Å². The SMILES string of the molecule is COC(=O)c1cc(OC(F)(F)F)c(OC)nc1[N+](=O)[O-]. The van der Waals surface area contributed by atoms with Crippen LogP contribution in [0.5, 0.6) is 11.6 Å². The zero-order valence-electron chi connectivity index (χ0n) is 10.1. The summed E-state index contributed by atoms with van der Waals surface area (Å²) in [7, 11) is 1.84. The van der Waals surface area contributed by atoms with Gasteiger partial charge in [0.15, 0.2) is 5.56 Å². The van der Waals surface area contributed by atoms with Gasteiger partial charge in [-0.2, -0.15) is 0 Å². The number of methoxy groups -OCH3 is 2. The van der Waals surface area contributed by atoms with Crippen LogP contribution in [0, 0.1) is 10.1 Å². The lowest BCUT2D eigenvalue weighted by atomic mass is 10.2. The topological polar surface area (TPSA) is 101 Å². The number of rotatable bonds is 4. The van der Waals surface area contributed by atoms with E-state index in [1.54, 1.807) is 0 Å². The molecular weight excluding hydrogens is 289 g/mol. The smallest absolute Gasteiger partial charge is 0.465 e. The molecule has 0 aliphatic rings. The van der Waals surface area contributed by atoms with Gasteiger partial charge in [0, 0.05) is 11.1 Å². The Hall–Kier alpha value is -2.59. The summed E-state index contributed by atoms with van der Waals surface area (Å²) in [5, 5.41) is 10.7. The molecule has 110 valence electrons. The fourth-order valence-electron chi connectivity index (χ4n) is 1.21. The van der Waals surface area contributed by atoms with Gasteiger partial charge >= 0.3 is 24.0 Å². The molecule has 0 unspecified atom stereocenters. The summed E-state index contributed by atoms with van der Waals surface area (Å²) in [6.45, 7) is 0. The van der Waals surface area contributed by atoms with Crippen molar-refractivity contribution in [2.75, 3.05) is 14.2 Å². The molecule has 8 nitrogen and oxygen atoms in total. The minimum Gasteiger partial charge on any atom is -0.465 e. The number of pyridine rings is 1. The van der Waals surface area contributed by atoms with Crippen LogP contribution in [0.2, 0.25) is 0 Å². The normalized spacial score (nSPS) is 10.8. The van der Waals surface area contributed by atoms with Crippen LogP contribution >= 0.6 is 0 Å². The summed E-state index contributed by atoms with van der Waals surface area (Å²) in [5.74, 6) is -4.03. The zero-order valence-corrected chi connectivity index (χ0v) is 10.1. The highest BCUT2D eigenvalue weighted by Gasteiger charge is 2.36. The highest BCUT2D eigenvalue weighted by Crippen LogP contribution is 2.34. The van der Waals surface area contributed by atoms with Gasteiger partial charge in [0.05, 0.1) is 14.2 Å². The van der Waals surface area contributed by atoms with E-state index in [0.717, 1.165) is 14.2 Å². The van der Waals surface area contributed by atoms with Crippen molar-refractivity contribution >= 4 is 11.8 Å². The van der Waals surface area contributed by atoms with E-state index < -0.39 is 40.3 Å². The Morgan fingerprint density at radius 2 is 2.00 bits per heavy atom. The number of hydrogen-bond donors (Lipinski definition) is 0. The lowest BCUT2D eigenvalue weighted by Gasteiger charge is -2.10. The molecule has 0 atom stereocenters. The highest BCUT2D eigenvalue weighted by atomic mass is 19.4. The third-order valence-electron chi connectivity index (χ3n) is 1.93. The number of alkyl halides is 3. The second-order valence-electron chi connectivity index (χ2n) is 3.16. The second kappa shape index (κ2) is 5.59. The number of carbonyl (C=O) groups is 1. The largest absolute Gasteiger partial charge is 0.573 e. The first kappa shape index (κ1) is 15.5. The van der Waals surface area contributed by atoms with E-state index in [0.29, 0.717) is 6.07 Å². The van der Waals surface area contributed by atoms with Crippen molar-refractivity contribution in [1.82, 2.24) is 4.98 Å². The van der Waals surface area contributed by atoms with Crippen molar-refractivity contribution < 1.29 is 37.1 Å². The maximum absolute atomic E-state index is 12.2. The summed E-state index contributed by atoms with van der Waals surface area (Å²) < 4.78 is 48.8. The number of nitro groups is 1. The first-order chi connectivity index (χ1) is 9.19. The molecule has 1 heterocycles. The molecule has 0 bridgehead atoms. The van der Waals surface area contributed by atoms with Crippen LogP contribution in [0.25, 0.3) is 0 Å². The predicted molar refractivity (Wildman–Crippen MR) is 55.5 cm³/mol. The highest BCUT2D eigenvalue weighted by molar-refractivity contribution is 5.93. The van der Waals surface area contributed by atoms with Crippen molar-refractivity contribution in [1.29, 1.82) is 0 Å². The van der Waals surface area contributed by atoms with E-state index in [1.807, 2.05) is 0 Å². The molecular formula is C9H7F3N2O6. The number of hydrogen-bond acceptors (Lipinski definition) is 7. The molecule has 1 rings (SSSR count). The van der Waals surface area contributed by atoms with Gasteiger partial charge in [-0.25, -0.2) is 4.79 Å². The molecule has 0 fully saturated rings. The van der Waals surface area contributed by atoms with Gasteiger partial charge in [0.25, 0.3) is 0 Å². The Labute approximate surface area is 109 Å². The minimum absolute atomic E-state index is 0.475. The summed E-state index contributed by atoms with van der Waals surface area (Å²) in [6.07, 6.45) is -5.08. The van der Waals surface area contributed by atoms with Crippen molar-refractivity contribution in [3.8, 4) is 11.6 Å². The van der Waals surface area contributed by atoms with Gasteiger partial charge in [-0.1, -0.05) is 0 Å². The number of esters is 1. The first-order valence-corrected chi connectivity index (χ1v) is 4.77. The Kier molecular flexibility index (Phi) is 4.32. The van der Waals surface area contributed by atoms with Crippen LogP contribution in [0.15, 0.2) is 6.07 Å². The Morgan fingerprint density at radius 3 is 2.40 bits per heavy atom. The Balaban J connectivity index is 3.45. The van der Waals surface area contributed by atoms with Crippen molar-refractivity contribution in [2.45, 2.75) is 6.36 Å². The van der Waals surface area contributed by atoms with Crippen LogP contribution in [0.3, 0.4) is 0 Å². The third kappa shape index (κ3) is 3.46. The van der Waals surface area contributed by atoms with Crippen LogP contribution in [-0.4, -0.2) is 36.5 Å². The van der Waals surface area contributed by atoms with E-state index in [-0.39, 0.29) is 0 Å². The summed E-state index contributed by atoms with van der Waals surface area (Å²) in [4.78, 5) is 24.2. The molecule has 0 aliphatic heterocycles. The molecule has 1 aromatic rings. The van der Waals surface area contributed by atoms with Crippen LogP contribution in [0.4, 0.5) is 19.0 Å². The molecule has 0 amide bonds. The average Bonchev–Trinajstić information content (AvgIpc) is 2.35. The van der Waals surface area contributed by atoms with Crippen molar-refractivity contribution in [2.24, 2.45) is 0 Å². The van der Waals surface area contributed by atoms with Gasteiger partial charge in [0.2, 0.25) is 5.75 Å². The van der Waals surface area contributed by atoms with E-state index in [2.05, 4.69) is 19.2 Å². The van der Waals surface area contributed by atoms with E-state index >= 15 is 0 Å². The molecule has 0 aliphatic carbocycles. The monoisotopic (exact) mass is 296 g/mol. The predicted octanol–water partition coefficient (Wildman–Crippen LogP) is 1.68. The van der Waals surface area contributed by atoms with Gasteiger partial charge in [0.1, 0.15) is 0 Å². The lowest BCUT2D eigenvalue weighted by Crippen LogP contribution is -2.19. The molecule has 11 heteroatoms. The molecule has 1 aromatic heterocycles. The van der Waals surface area contributed by atoms with Crippen LogP contribution in [0.1, 0.15) is 10.4 Å². The Morgan fingerprint density at radius 1 is 1.40 bits per heavy atom. The number of ether oxygens (including phenoxy) is 3. The van der Waals surface area contributed by atoms with Crippen molar-refractivity contribution in [3.63, 3.8) is 0 Å². The fraction of sp³-hybridized carbons (Fsp3) is 0.333. The number of halogens is 3. The number of nitrogens with zero attached hydrogens (tertiary/aromatic N) is 2. The third-order valence-corrected chi connectivity index (χ3v) is 1.93. The average molecular weight is 296 g/mol. The second-order valence-corrected chi connectivity index (χ2v) is 3.16. The summed E-state index contributed by atoms with van der Waals surface area (Å²) >= 11 is 0. The number of aromatic nitrogens is 1. The molecule has 0 saturated heterocycles. The summed E-state index contributed by atoms with van der Waals surface area (Å²) in [5.41, 5.74) is -0.794. The van der Waals surface area contributed by atoms with Gasteiger partial charge in [-0.3, -0.25) is 0 Å². The quantitative estimate of drug-likeness (QED) is 0.473. The molecule has 0 spiro atoms. The maximum atomic E-state index is 12.2. The molecule has 20 heavy (non-hydrogen) atoms. The molecule has 0 aromatic carbocycles. The number of carbonyl (C=O) groups excluding carboxylic acids is 1. The van der Waals surface area contributed by atoms with Crippen LogP contribution in [-0.2, 0) is 4.74 Å². The van der Waals surface area contributed by atoms with Crippen molar-refractivity contribution in [3.05, 3.63) is 21.7 Å². The fourth-order valence-corrected chi connectivity index (χ4v) is 1.21. The zero-order chi connectivity index (χ0) is 15.5. The lowest BCUT2D eigenvalue weighted by molar-refractivity contribution is -0.390. The van der Waals surface area contributed by atoms with Gasteiger partial charge in [-0.05, 0) is 4.92 Å². The maximum Gasteiger partial charge on any atom is 0.573 e. The summed E-state index contributed by atoms with van der Waals surface area (Å²) in [6, 6.07) is 0.475. The molecule has 0 radical (unpaired) electrons. The van der Waals surface area contributed by atoms with Gasteiger partial charge < -0.3 is 24.3 Å². The van der Waals surface area contributed by atoms with Gasteiger partial charge in [-0.15, -0.1) is 13.2 Å². The standard InChI is InChI=1S/C9H7F3N2O6/c1-18-7-5(20-9(10,11)12)3-4(8(15)19-2)6(13-7)14(16)17/h3H,1-2H3. The Bertz CT molecular complexity index is 545. The molecule has 0 saturated carbocycles. The van der Waals surface area contributed by atoms with E-state index in [9.17, 15) is 28.1 Å². The molecule has 0 N–H and O–H groups in total. The minimum atomic E-state index is -5.08.